The molecule has 1 heterocycles. The van der Waals surface area contributed by atoms with Gasteiger partial charge in [-0.1, -0.05) is 4.52 Å². The maximum absolute atomic E-state index is 2.91. The van der Waals surface area contributed by atoms with Gasteiger partial charge in [-0.15, -0.1) is 0 Å². The average Bonchev–Trinajstić information content (AvgIpc) is 2.14. The van der Waals surface area contributed by atoms with Gasteiger partial charge in [-0.25, -0.2) is 5.43 Å². The number of hydrazine groups is 2. The molecule has 1 aliphatic rings. The highest BCUT2D eigenvalue weighted by Crippen LogP contribution is 2.08. The van der Waals surface area contributed by atoms with E-state index in [9.17, 15) is 0 Å². The molecule has 0 atom stereocenters. The van der Waals surface area contributed by atoms with Gasteiger partial charge in [0.05, 0.1) is 0 Å². The minimum atomic E-state index is 1.57. The molecule has 0 amide bonds. The minimum absolute atomic E-state index is 1.57. The second-order valence-electron chi connectivity index (χ2n) is 1.06. The first-order valence-electron chi connectivity index (χ1n) is 1.99. The Morgan fingerprint density at radius 3 is 3.00 bits per heavy atom. The zero-order valence-corrected chi connectivity index (χ0v) is 4.83. The molecular formula is C3H7N3S. The van der Waals surface area contributed by atoms with E-state index in [1.807, 2.05) is 18.7 Å². The lowest BCUT2D eigenvalue weighted by molar-refractivity contribution is 0.339. The number of nitrogens with zero attached hydrogens (tertiary/aromatic N) is 1. The highest BCUT2D eigenvalue weighted by atomic mass is 32.2. The molecule has 0 radical (unpaired) electrons. The first-order valence-corrected chi connectivity index (χ1v) is 2.82. The molecule has 0 saturated heterocycles. The summed E-state index contributed by atoms with van der Waals surface area (Å²) in [6.45, 7) is 0. The topological polar surface area (TPSA) is 27.3 Å². The Hall–Kier alpha value is -0.190. The zero-order chi connectivity index (χ0) is 5.11. The molecule has 1 aliphatic heterocycles. The summed E-state index contributed by atoms with van der Waals surface area (Å²) < 4.78 is 1.79. The van der Waals surface area contributed by atoms with Crippen LogP contribution in [0.15, 0.2) is 11.6 Å². The van der Waals surface area contributed by atoms with E-state index in [2.05, 4.69) is 10.9 Å². The van der Waals surface area contributed by atoms with Crippen LogP contribution in [0.5, 0.6) is 0 Å². The fraction of sp³-hybridized carbons (Fsp3) is 0.333. The minimum Gasteiger partial charge on any atom is -0.302 e. The molecule has 0 unspecified atom stereocenters. The standard InChI is InChI=1S/C3H7N3S/c1-4-6-5-2-3-7-6/h2-5H,1H3. The van der Waals surface area contributed by atoms with Gasteiger partial charge < -0.3 is 5.43 Å². The third-order valence-corrected chi connectivity index (χ3v) is 1.39. The first-order chi connectivity index (χ1) is 3.43. The van der Waals surface area contributed by atoms with Crippen molar-refractivity contribution >= 4 is 11.9 Å². The lowest BCUT2D eigenvalue weighted by Crippen LogP contribution is -2.34. The van der Waals surface area contributed by atoms with Crippen LogP contribution in [-0.2, 0) is 0 Å². The molecule has 0 saturated carbocycles. The van der Waals surface area contributed by atoms with Crippen molar-refractivity contribution in [3.63, 3.8) is 0 Å². The second kappa shape index (κ2) is 2.20. The zero-order valence-electron chi connectivity index (χ0n) is 4.01. The number of hydrogen-bond donors (Lipinski definition) is 2. The molecule has 3 nitrogen and oxygen atoms in total. The van der Waals surface area contributed by atoms with Crippen LogP contribution in [0.25, 0.3) is 0 Å². The molecule has 0 aliphatic carbocycles. The summed E-state index contributed by atoms with van der Waals surface area (Å²) in [5.41, 5.74) is 5.80. The molecule has 0 bridgehead atoms. The molecule has 0 fully saturated rings. The van der Waals surface area contributed by atoms with Crippen LogP contribution in [0.3, 0.4) is 0 Å². The lowest BCUT2D eigenvalue weighted by Gasteiger charge is -2.09. The SMILES string of the molecule is CNN1NC=CS1. The average molecular weight is 117 g/mol. The maximum Gasteiger partial charge on any atom is 0.0228 e. The van der Waals surface area contributed by atoms with Gasteiger partial charge in [-0.3, -0.25) is 0 Å². The molecule has 0 aromatic heterocycles. The largest absolute Gasteiger partial charge is 0.302 e. The van der Waals surface area contributed by atoms with E-state index < -0.39 is 0 Å². The predicted molar refractivity (Wildman–Crippen MR) is 30.8 cm³/mol. The fourth-order valence-corrected chi connectivity index (χ4v) is 0.808. The molecule has 7 heavy (non-hydrogen) atoms. The van der Waals surface area contributed by atoms with Gasteiger partial charge in [0, 0.05) is 18.7 Å². The summed E-state index contributed by atoms with van der Waals surface area (Å²) in [7, 11) is 1.85. The van der Waals surface area contributed by atoms with Crippen LogP contribution in [0.4, 0.5) is 0 Å². The van der Waals surface area contributed by atoms with Gasteiger partial charge in [0.2, 0.25) is 0 Å². The van der Waals surface area contributed by atoms with E-state index in [4.69, 9.17) is 0 Å². The molecule has 2 N–H and O–H groups in total. The van der Waals surface area contributed by atoms with Crippen molar-refractivity contribution in [3.8, 4) is 0 Å². The summed E-state index contributed by atoms with van der Waals surface area (Å²) >= 11 is 1.57. The van der Waals surface area contributed by atoms with Gasteiger partial charge in [-0.2, -0.15) is 0 Å². The third kappa shape index (κ3) is 1.09. The van der Waals surface area contributed by atoms with Crippen molar-refractivity contribution < 1.29 is 0 Å². The Balaban J connectivity index is 2.22. The molecular weight excluding hydrogens is 110 g/mol. The monoisotopic (exact) mass is 117 g/mol. The van der Waals surface area contributed by atoms with Crippen LogP contribution in [0, 0.1) is 0 Å². The molecule has 1 rings (SSSR count). The second-order valence-corrected chi connectivity index (χ2v) is 1.90. The van der Waals surface area contributed by atoms with Crippen LogP contribution >= 0.6 is 11.9 Å². The fourth-order valence-electron chi connectivity index (χ4n) is 0.337. The Morgan fingerprint density at radius 1 is 1.86 bits per heavy atom. The van der Waals surface area contributed by atoms with Gasteiger partial charge in [0.1, 0.15) is 0 Å². The molecule has 40 valence electrons. The van der Waals surface area contributed by atoms with Gasteiger partial charge in [0.25, 0.3) is 0 Å². The Bertz CT molecular complexity index is 74.2. The first kappa shape index (κ1) is 4.96. The molecule has 0 spiro atoms. The summed E-state index contributed by atoms with van der Waals surface area (Å²) in [5.74, 6) is 0. The van der Waals surface area contributed by atoms with Gasteiger partial charge >= 0.3 is 0 Å². The van der Waals surface area contributed by atoms with Crippen molar-refractivity contribution in [2.75, 3.05) is 7.05 Å². The lowest BCUT2D eigenvalue weighted by atomic mass is 11.1. The van der Waals surface area contributed by atoms with Crippen LogP contribution in [0.1, 0.15) is 0 Å². The summed E-state index contributed by atoms with van der Waals surface area (Å²) in [5, 5.41) is 1.95. The Labute approximate surface area is 46.8 Å². The molecule has 0 aromatic carbocycles. The van der Waals surface area contributed by atoms with E-state index in [-0.39, 0.29) is 0 Å². The normalized spacial score (nSPS) is 20.1. The predicted octanol–water partition coefficient (Wildman–Crippen LogP) is 0.0604. The number of hydrogen-bond acceptors (Lipinski definition) is 4. The van der Waals surface area contributed by atoms with Crippen LogP contribution < -0.4 is 10.9 Å². The van der Waals surface area contributed by atoms with Crippen molar-refractivity contribution in [1.82, 2.24) is 15.4 Å². The highest BCUT2D eigenvalue weighted by Gasteiger charge is 1.99. The third-order valence-electron chi connectivity index (χ3n) is 0.629. The number of nitrogens with one attached hydrogen (secondary N) is 2. The Kier molecular flexibility index (Phi) is 1.56. The smallest absolute Gasteiger partial charge is 0.0228 e. The maximum atomic E-state index is 2.91. The van der Waals surface area contributed by atoms with E-state index >= 15 is 0 Å². The highest BCUT2D eigenvalue weighted by molar-refractivity contribution is 8.00. The summed E-state index contributed by atoms with van der Waals surface area (Å²) in [6.07, 6.45) is 1.86. The van der Waals surface area contributed by atoms with E-state index in [1.54, 1.807) is 16.5 Å². The number of rotatable bonds is 1. The Morgan fingerprint density at radius 2 is 2.71 bits per heavy atom. The quantitative estimate of drug-likeness (QED) is 0.475. The van der Waals surface area contributed by atoms with E-state index in [1.165, 1.54) is 0 Å². The van der Waals surface area contributed by atoms with Crippen LogP contribution in [-0.4, -0.2) is 11.6 Å². The van der Waals surface area contributed by atoms with Crippen molar-refractivity contribution in [3.05, 3.63) is 11.6 Å². The van der Waals surface area contributed by atoms with Crippen molar-refractivity contribution in [2.45, 2.75) is 0 Å². The van der Waals surface area contributed by atoms with Gasteiger partial charge in [0.15, 0.2) is 0 Å². The van der Waals surface area contributed by atoms with Crippen molar-refractivity contribution in [2.24, 2.45) is 0 Å². The van der Waals surface area contributed by atoms with Gasteiger partial charge in [-0.05, 0) is 11.9 Å². The van der Waals surface area contributed by atoms with Crippen LogP contribution in [0.2, 0.25) is 0 Å². The van der Waals surface area contributed by atoms with E-state index in [0.29, 0.717) is 0 Å². The van der Waals surface area contributed by atoms with Crippen molar-refractivity contribution in [1.29, 1.82) is 0 Å². The van der Waals surface area contributed by atoms with E-state index in [0.717, 1.165) is 0 Å². The molecule has 4 heteroatoms. The summed E-state index contributed by atoms with van der Waals surface area (Å²) in [6, 6.07) is 0. The summed E-state index contributed by atoms with van der Waals surface area (Å²) in [4.78, 5) is 0. The molecule has 0 aromatic rings.